The second-order valence-corrected chi connectivity index (χ2v) is 9.10. The number of aromatic nitrogens is 4. The van der Waals surface area contributed by atoms with Gasteiger partial charge in [-0.05, 0) is 6.42 Å². The summed E-state index contributed by atoms with van der Waals surface area (Å²) in [5.74, 6) is -4.48. The van der Waals surface area contributed by atoms with E-state index in [1.807, 2.05) is 0 Å². The molecule has 0 saturated carbocycles. The minimum atomic E-state index is -5.08. The van der Waals surface area contributed by atoms with Crippen LogP contribution >= 0.6 is 0 Å². The number of nitrogens with zero attached hydrogens (tertiary/aromatic N) is 4. The maximum absolute atomic E-state index is 12.0. The average Bonchev–Trinajstić information content (AvgIpc) is 3.37. The lowest BCUT2D eigenvalue weighted by Crippen LogP contribution is -2.45. The molecule has 218 valence electrons. The first kappa shape index (κ1) is 31.5. The molecule has 18 nitrogen and oxygen atoms in total. The van der Waals surface area contributed by atoms with Gasteiger partial charge in [-0.3, -0.25) is 18.3 Å². The first-order valence-corrected chi connectivity index (χ1v) is 11.8. The molecule has 2 aromatic heterocycles. The van der Waals surface area contributed by atoms with E-state index >= 15 is 0 Å². The molecule has 1 unspecified atom stereocenters. The highest BCUT2D eigenvalue weighted by atomic mass is 32.2. The lowest BCUT2D eigenvalue weighted by molar-refractivity contribution is -0.192. The number of anilines is 1. The normalized spacial score (nSPS) is 22.1. The summed E-state index contributed by atoms with van der Waals surface area (Å²) in [4.78, 5) is 43.3. The van der Waals surface area contributed by atoms with Crippen LogP contribution in [-0.2, 0) is 33.6 Å². The molecule has 3 rings (SSSR count). The summed E-state index contributed by atoms with van der Waals surface area (Å²) in [5.41, 5.74) is 16.6. The molecule has 2 aromatic rings. The van der Waals surface area contributed by atoms with Crippen LogP contribution in [0.1, 0.15) is 19.1 Å². The number of alkyl halides is 3. The molecule has 1 aliphatic rings. The summed E-state index contributed by atoms with van der Waals surface area (Å²) in [6.07, 6.45) is -8.52. The number of carbonyl (C=O) groups excluding carboxylic acids is 2. The van der Waals surface area contributed by atoms with E-state index in [9.17, 15) is 41.4 Å². The number of nitrogen functional groups attached to an aromatic ring is 1. The SMILES string of the molecule is NC(=O)CC[C@H](N)C(=O)NS(=O)(=O)OC[C@H]1O[C@@H](n2cnc3c(N)ncnc32)[C@@H](O)C1O.O=C(O)C(F)(F)F. The summed E-state index contributed by atoms with van der Waals surface area (Å²) >= 11 is 0. The van der Waals surface area contributed by atoms with Crippen molar-refractivity contribution in [2.45, 2.75) is 49.6 Å². The van der Waals surface area contributed by atoms with Crippen molar-refractivity contribution in [3.05, 3.63) is 12.7 Å². The number of amides is 2. The fraction of sp³-hybridized carbons (Fsp3) is 0.529. The predicted molar refractivity (Wildman–Crippen MR) is 119 cm³/mol. The quantitative estimate of drug-likeness (QED) is 0.150. The van der Waals surface area contributed by atoms with Crippen LogP contribution in [0.25, 0.3) is 11.2 Å². The summed E-state index contributed by atoms with van der Waals surface area (Å²) in [6.45, 7) is -0.738. The summed E-state index contributed by atoms with van der Waals surface area (Å²) in [5, 5.41) is 27.7. The van der Waals surface area contributed by atoms with Crippen molar-refractivity contribution in [3.63, 3.8) is 0 Å². The Kier molecular flexibility index (Phi) is 10.1. The van der Waals surface area contributed by atoms with Gasteiger partial charge in [0.05, 0.1) is 19.0 Å². The third kappa shape index (κ3) is 8.39. The predicted octanol–water partition coefficient (Wildman–Crippen LogP) is -3.37. The second-order valence-electron chi connectivity index (χ2n) is 7.75. The van der Waals surface area contributed by atoms with Crippen molar-refractivity contribution in [1.82, 2.24) is 24.2 Å². The number of fused-ring (bicyclic) bond motifs is 1. The number of aliphatic hydroxyl groups excluding tert-OH is 2. The summed E-state index contributed by atoms with van der Waals surface area (Å²) in [7, 11) is -4.63. The van der Waals surface area contributed by atoms with E-state index in [1.165, 1.54) is 17.2 Å². The Balaban J connectivity index is 0.000000673. The van der Waals surface area contributed by atoms with E-state index in [0.717, 1.165) is 0 Å². The lowest BCUT2D eigenvalue weighted by Gasteiger charge is -2.16. The molecule has 0 radical (unpaired) electrons. The van der Waals surface area contributed by atoms with Gasteiger partial charge < -0.3 is 37.3 Å². The molecule has 0 bridgehead atoms. The number of hydrogen-bond acceptors (Lipinski definition) is 14. The van der Waals surface area contributed by atoms with Crippen LogP contribution in [-0.4, -0.2) is 98.2 Å². The molecule has 1 saturated heterocycles. The number of imidazole rings is 1. The van der Waals surface area contributed by atoms with Gasteiger partial charge in [0.1, 0.15) is 30.2 Å². The minimum absolute atomic E-state index is 0.0949. The molecule has 0 spiro atoms. The Morgan fingerprint density at radius 2 is 1.82 bits per heavy atom. The van der Waals surface area contributed by atoms with Gasteiger partial charge in [-0.15, -0.1) is 0 Å². The second kappa shape index (κ2) is 12.4. The lowest BCUT2D eigenvalue weighted by atomic mass is 10.1. The van der Waals surface area contributed by atoms with Gasteiger partial charge in [-0.1, -0.05) is 0 Å². The number of hydrogen-bond donors (Lipinski definition) is 7. The third-order valence-corrected chi connectivity index (χ3v) is 5.79. The molecular weight excluding hydrogens is 565 g/mol. The number of carbonyl (C=O) groups is 3. The van der Waals surface area contributed by atoms with Crippen molar-refractivity contribution in [1.29, 1.82) is 0 Å². The molecule has 0 aromatic carbocycles. The van der Waals surface area contributed by atoms with Crippen molar-refractivity contribution in [2.24, 2.45) is 11.5 Å². The monoisotopic (exact) mass is 588 g/mol. The largest absolute Gasteiger partial charge is 0.490 e. The van der Waals surface area contributed by atoms with Gasteiger partial charge >= 0.3 is 22.4 Å². The topological polar surface area (TPSA) is 298 Å². The number of nitrogens with two attached hydrogens (primary N) is 3. The van der Waals surface area contributed by atoms with Crippen molar-refractivity contribution < 1.29 is 60.2 Å². The van der Waals surface area contributed by atoms with E-state index in [2.05, 4.69) is 19.1 Å². The molecule has 1 aliphatic heterocycles. The number of carboxylic acid groups (broad SMARTS) is 1. The fourth-order valence-corrected chi connectivity index (χ4v) is 3.74. The standard InChI is InChI=1S/C15H22N8O8S.C2HF3O2/c16-6(1-2-8(17)24)14(27)22-32(28,29)30-3-7-10(25)11(26)15(31-7)23-5-21-9-12(18)19-4-20-13(9)23;3-2(4,5)1(6)7/h4-7,10-11,15,25-26H,1-3,16H2,(H2,17,24)(H,22,27)(H2,18,19,20);(H,6,7)/t6-,7+,10?,11-,15+;/m0./s1. The number of aliphatic hydroxyl groups is 2. The maximum atomic E-state index is 12.0. The first-order chi connectivity index (χ1) is 17.9. The smallest absolute Gasteiger partial charge is 0.475 e. The molecule has 22 heteroatoms. The Hall–Kier alpha value is -3.70. The molecule has 2 amide bonds. The van der Waals surface area contributed by atoms with Gasteiger partial charge in [-0.2, -0.15) is 21.6 Å². The molecule has 5 atom stereocenters. The number of carboxylic acids is 1. The van der Waals surface area contributed by atoms with Gasteiger partial charge in [0.2, 0.25) is 5.91 Å². The molecular formula is C17H23F3N8O10S. The first-order valence-electron chi connectivity index (χ1n) is 10.4. The van der Waals surface area contributed by atoms with Crippen molar-refractivity contribution in [2.75, 3.05) is 12.3 Å². The van der Waals surface area contributed by atoms with Crippen LogP contribution in [0.4, 0.5) is 19.0 Å². The third-order valence-electron chi connectivity index (χ3n) is 4.89. The van der Waals surface area contributed by atoms with Crippen LogP contribution in [0, 0.1) is 0 Å². The number of halogens is 3. The van der Waals surface area contributed by atoms with Crippen LogP contribution < -0.4 is 21.9 Å². The van der Waals surface area contributed by atoms with Crippen LogP contribution in [0.2, 0.25) is 0 Å². The Labute approximate surface area is 216 Å². The molecule has 0 aliphatic carbocycles. The Morgan fingerprint density at radius 1 is 1.21 bits per heavy atom. The molecule has 10 N–H and O–H groups in total. The Bertz CT molecular complexity index is 1310. The highest BCUT2D eigenvalue weighted by molar-refractivity contribution is 7.85. The fourth-order valence-electron chi connectivity index (χ4n) is 2.97. The number of rotatable bonds is 9. The molecule has 3 heterocycles. The average molecular weight is 588 g/mol. The van der Waals surface area contributed by atoms with Crippen LogP contribution in [0.15, 0.2) is 12.7 Å². The van der Waals surface area contributed by atoms with E-state index in [4.69, 9.17) is 31.8 Å². The van der Waals surface area contributed by atoms with Crippen molar-refractivity contribution in [3.8, 4) is 0 Å². The van der Waals surface area contributed by atoms with Gasteiger partial charge in [-0.25, -0.2) is 24.5 Å². The summed E-state index contributed by atoms with van der Waals surface area (Å²) in [6, 6.07) is -1.32. The highest BCUT2D eigenvalue weighted by Crippen LogP contribution is 2.32. The van der Waals surface area contributed by atoms with Gasteiger partial charge in [0, 0.05) is 6.42 Å². The molecule has 39 heavy (non-hydrogen) atoms. The maximum Gasteiger partial charge on any atom is 0.490 e. The van der Waals surface area contributed by atoms with Crippen LogP contribution in [0.5, 0.6) is 0 Å². The van der Waals surface area contributed by atoms with Gasteiger partial charge in [0.15, 0.2) is 17.7 Å². The number of nitrogens with one attached hydrogen (secondary N) is 1. The number of primary amides is 1. The Morgan fingerprint density at radius 3 is 2.38 bits per heavy atom. The van der Waals surface area contributed by atoms with E-state index in [0.29, 0.717) is 0 Å². The zero-order valence-corrected chi connectivity index (χ0v) is 20.2. The minimum Gasteiger partial charge on any atom is -0.475 e. The highest BCUT2D eigenvalue weighted by Gasteiger charge is 2.45. The van der Waals surface area contributed by atoms with E-state index < -0.39 is 71.5 Å². The van der Waals surface area contributed by atoms with Gasteiger partial charge in [0.25, 0.3) is 5.91 Å². The van der Waals surface area contributed by atoms with E-state index in [1.54, 1.807) is 4.72 Å². The zero-order valence-electron chi connectivity index (χ0n) is 19.4. The number of ether oxygens (including phenoxy) is 1. The van der Waals surface area contributed by atoms with Crippen molar-refractivity contribution >= 4 is 45.1 Å². The summed E-state index contributed by atoms with van der Waals surface area (Å²) < 4.78 is 68.8. The zero-order chi connectivity index (χ0) is 29.7. The van der Waals surface area contributed by atoms with E-state index in [-0.39, 0.29) is 29.8 Å². The van der Waals surface area contributed by atoms with Crippen LogP contribution in [0.3, 0.4) is 0 Å². The number of aliphatic carboxylic acids is 1. The molecule has 1 fully saturated rings.